The standard InChI is InChI=1S/C14H28O4/c1-3-4-5-6-7-8-16-12(2)9-14-17-11-13(10-15)18-14/h12-15H,3-11H2,1-2H3/t12?,13-,14+/m1/s1. The molecule has 1 heterocycles. The molecule has 0 aliphatic carbocycles. The van der Waals surface area contributed by atoms with E-state index in [-0.39, 0.29) is 25.1 Å². The largest absolute Gasteiger partial charge is 0.394 e. The van der Waals surface area contributed by atoms with Gasteiger partial charge >= 0.3 is 0 Å². The third kappa shape index (κ3) is 6.69. The van der Waals surface area contributed by atoms with Gasteiger partial charge < -0.3 is 19.3 Å². The fourth-order valence-electron chi connectivity index (χ4n) is 2.06. The number of hydrogen-bond donors (Lipinski definition) is 1. The van der Waals surface area contributed by atoms with E-state index in [9.17, 15) is 0 Å². The summed E-state index contributed by atoms with van der Waals surface area (Å²) in [5.74, 6) is 0. The number of rotatable bonds is 10. The number of ether oxygens (including phenoxy) is 3. The summed E-state index contributed by atoms with van der Waals surface area (Å²) in [5.41, 5.74) is 0. The molecule has 1 unspecified atom stereocenters. The highest BCUT2D eigenvalue weighted by Gasteiger charge is 2.26. The number of unbranched alkanes of at least 4 members (excludes halogenated alkanes) is 4. The third-order valence-electron chi connectivity index (χ3n) is 3.19. The van der Waals surface area contributed by atoms with Crippen LogP contribution >= 0.6 is 0 Å². The molecule has 1 N–H and O–H groups in total. The van der Waals surface area contributed by atoms with Gasteiger partial charge in [-0.25, -0.2) is 0 Å². The zero-order valence-electron chi connectivity index (χ0n) is 11.8. The van der Waals surface area contributed by atoms with Crippen LogP contribution in [0.4, 0.5) is 0 Å². The number of aliphatic hydroxyl groups excluding tert-OH is 1. The highest BCUT2D eigenvalue weighted by molar-refractivity contribution is 4.66. The second-order valence-corrected chi connectivity index (χ2v) is 5.03. The minimum atomic E-state index is -0.211. The SMILES string of the molecule is CCCCCCCOC(C)C[C@H]1OC[C@@H](CO)O1. The van der Waals surface area contributed by atoms with Gasteiger partial charge in [-0.1, -0.05) is 32.6 Å². The lowest BCUT2D eigenvalue weighted by molar-refractivity contribution is -0.0959. The molecule has 0 spiro atoms. The van der Waals surface area contributed by atoms with Gasteiger partial charge in [-0.05, 0) is 13.3 Å². The molecule has 18 heavy (non-hydrogen) atoms. The van der Waals surface area contributed by atoms with Gasteiger partial charge in [-0.15, -0.1) is 0 Å². The Hall–Kier alpha value is -0.160. The molecule has 0 saturated carbocycles. The van der Waals surface area contributed by atoms with Crippen LogP contribution in [-0.2, 0) is 14.2 Å². The Bertz CT molecular complexity index is 198. The quantitative estimate of drug-likeness (QED) is 0.613. The number of hydrogen-bond acceptors (Lipinski definition) is 4. The molecule has 1 aliphatic rings. The Labute approximate surface area is 111 Å². The van der Waals surface area contributed by atoms with E-state index in [1.165, 1.54) is 25.7 Å². The van der Waals surface area contributed by atoms with Gasteiger partial charge in [0.1, 0.15) is 6.10 Å². The first-order valence-corrected chi connectivity index (χ1v) is 7.25. The Morgan fingerprint density at radius 3 is 2.72 bits per heavy atom. The summed E-state index contributed by atoms with van der Waals surface area (Å²) < 4.78 is 16.6. The van der Waals surface area contributed by atoms with Gasteiger partial charge in [0.25, 0.3) is 0 Å². The van der Waals surface area contributed by atoms with Crippen molar-refractivity contribution in [3.05, 3.63) is 0 Å². The Morgan fingerprint density at radius 1 is 1.28 bits per heavy atom. The van der Waals surface area contributed by atoms with Gasteiger partial charge in [0.05, 0.1) is 19.3 Å². The third-order valence-corrected chi connectivity index (χ3v) is 3.19. The average molecular weight is 260 g/mol. The Balaban J connectivity index is 1.95. The van der Waals surface area contributed by atoms with Gasteiger partial charge in [0.2, 0.25) is 0 Å². The molecule has 0 amide bonds. The maximum absolute atomic E-state index is 8.93. The van der Waals surface area contributed by atoms with Crippen molar-refractivity contribution in [2.75, 3.05) is 19.8 Å². The normalized spacial score (nSPS) is 25.5. The van der Waals surface area contributed by atoms with Crippen molar-refractivity contribution in [2.24, 2.45) is 0 Å². The van der Waals surface area contributed by atoms with E-state index in [1.807, 2.05) is 6.92 Å². The highest BCUT2D eigenvalue weighted by atomic mass is 16.7. The summed E-state index contributed by atoms with van der Waals surface area (Å²) in [6, 6.07) is 0. The lowest BCUT2D eigenvalue weighted by atomic mass is 10.2. The van der Waals surface area contributed by atoms with Crippen molar-refractivity contribution in [3.8, 4) is 0 Å². The van der Waals surface area contributed by atoms with Crippen molar-refractivity contribution in [1.29, 1.82) is 0 Å². The van der Waals surface area contributed by atoms with Crippen molar-refractivity contribution in [3.63, 3.8) is 0 Å². The van der Waals surface area contributed by atoms with E-state index in [2.05, 4.69) is 6.92 Å². The second kappa shape index (κ2) is 9.73. The predicted molar refractivity (Wildman–Crippen MR) is 70.5 cm³/mol. The van der Waals surface area contributed by atoms with Crippen LogP contribution in [0, 0.1) is 0 Å². The molecule has 1 fully saturated rings. The van der Waals surface area contributed by atoms with Gasteiger partial charge in [0.15, 0.2) is 6.29 Å². The monoisotopic (exact) mass is 260 g/mol. The molecular formula is C14H28O4. The van der Waals surface area contributed by atoms with E-state index < -0.39 is 0 Å². The molecule has 0 aromatic carbocycles. The summed E-state index contributed by atoms with van der Waals surface area (Å²) in [7, 11) is 0. The first-order chi connectivity index (χ1) is 8.76. The van der Waals surface area contributed by atoms with E-state index in [1.54, 1.807) is 0 Å². The fourth-order valence-corrected chi connectivity index (χ4v) is 2.06. The zero-order chi connectivity index (χ0) is 13.2. The Morgan fingerprint density at radius 2 is 2.06 bits per heavy atom. The van der Waals surface area contributed by atoms with E-state index >= 15 is 0 Å². The molecular weight excluding hydrogens is 232 g/mol. The molecule has 108 valence electrons. The maximum Gasteiger partial charge on any atom is 0.160 e. The van der Waals surface area contributed by atoms with E-state index in [0.717, 1.165) is 19.4 Å². The van der Waals surface area contributed by atoms with Gasteiger partial charge in [-0.3, -0.25) is 0 Å². The molecule has 1 rings (SSSR count). The molecule has 4 nitrogen and oxygen atoms in total. The van der Waals surface area contributed by atoms with Crippen LogP contribution in [0.25, 0.3) is 0 Å². The molecule has 0 radical (unpaired) electrons. The lowest BCUT2D eigenvalue weighted by Crippen LogP contribution is -2.21. The van der Waals surface area contributed by atoms with Crippen LogP contribution in [0.5, 0.6) is 0 Å². The summed E-state index contributed by atoms with van der Waals surface area (Å²) >= 11 is 0. The summed E-state index contributed by atoms with van der Waals surface area (Å²) in [6.45, 7) is 5.61. The van der Waals surface area contributed by atoms with Crippen LogP contribution in [0.15, 0.2) is 0 Å². The maximum atomic E-state index is 8.93. The van der Waals surface area contributed by atoms with E-state index in [0.29, 0.717) is 6.61 Å². The smallest absolute Gasteiger partial charge is 0.160 e. The highest BCUT2D eigenvalue weighted by Crippen LogP contribution is 2.17. The summed E-state index contributed by atoms with van der Waals surface area (Å²) in [5, 5.41) is 8.93. The van der Waals surface area contributed by atoms with Gasteiger partial charge in [0, 0.05) is 13.0 Å². The molecule has 0 bridgehead atoms. The Kier molecular flexibility index (Phi) is 8.59. The molecule has 0 aromatic rings. The summed E-state index contributed by atoms with van der Waals surface area (Å²) in [6.07, 6.45) is 6.82. The van der Waals surface area contributed by atoms with Crippen molar-refractivity contribution >= 4 is 0 Å². The minimum absolute atomic E-state index is 0.0309. The number of aliphatic hydroxyl groups is 1. The first kappa shape index (κ1) is 15.9. The predicted octanol–water partition coefficient (Wildman–Crippen LogP) is 2.49. The topological polar surface area (TPSA) is 47.9 Å². The second-order valence-electron chi connectivity index (χ2n) is 5.03. The van der Waals surface area contributed by atoms with E-state index in [4.69, 9.17) is 19.3 Å². The van der Waals surface area contributed by atoms with Crippen LogP contribution in [0.3, 0.4) is 0 Å². The van der Waals surface area contributed by atoms with Crippen LogP contribution in [0.2, 0.25) is 0 Å². The molecule has 1 aliphatic heterocycles. The van der Waals surface area contributed by atoms with Crippen LogP contribution in [-0.4, -0.2) is 43.4 Å². The van der Waals surface area contributed by atoms with Crippen molar-refractivity contribution in [2.45, 2.75) is 70.9 Å². The molecule has 0 aromatic heterocycles. The van der Waals surface area contributed by atoms with Crippen molar-refractivity contribution < 1.29 is 19.3 Å². The molecule has 1 saturated heterocycles. The first-order valence-electron chi connectivity index (χ1n) is 7.25. The fraction of sp³-hybridized carbons (Fsp3) is 1.00. The summed E-state index contributed by atoms with van der Waals surface area (Å²) in [4.78, 5) is 0. The average Bonchev–Trinajstić information content (AvgIpc) is 2.81. The zero-order valence-corrected chi connectivity index (χ0v) is 11.8. The minimum Gasteiger partial charge on any atom is -0.394 e. The lowest BCUT2D eigenvalue weighted by Gasteiger charge is -2.17. The molecule has 4 heteroatoms. The van der Waals surface area contributed by atoms with Crippen molar-refractivity contribution in [1.82, 2.24) is 0 Å². The van der Waals surface area contributed by atoms with Crippen LogP contribution in [0.1, 0.15) is 52.4 Å². The molecule has 3 atom stereocenters. The van der Waals surface area contributed by atoms with Crippen LogP contribution < -0.4 is 0 Å². The van der Waals surface area contributed by atoms with Gasteiger partial charge in [-0.2, -0.15) is 0 Å².